The van der Waals surface area contributed by atoms with E-state index < -0.39 is 0 Å². The van der Waals surface area contributed by atoms with Gasteiger partial charge in [0, 0.05) is 21.1 Å². The average molecular weight is 355 g/mol. The van der Waals surface area contributed by atoms with Gasteiger partial charge in [-0.1, -0.05) is 17.7 Å². The molecule has 0 bridgehead atoms. The van der Waals surface area contributed by atoms with Crippen LogP contribution in [0, 0.1) is 6.92 Å². The van der Waals surface area contributed by atoms with Gasteiger partial charge < -0.3 is 10.1 Å². The van der Waals surface area contributed by atoms with Gasteiger partial charge in [0.2, 0.25) is 0 Å². The van der Waals surface area contributed by atoms with E-state index in [1.54, 1.807) is 25.3 Å². The average Bonchev–Trinajstić information content (AvgIpc) is 2.44. The third-order valence-electron chi connectivity index (χ3n) is 2.86. The maximum Gasteiger partial charge on any atom is 0.255 e. The molecule has 0 unspecified atom stereocenters. The Morgan fingerprint density at radius 1 is 1.25 bits per heavy atom. The van der Waals surface area contributed by atoms with E-state index in [1.807, 2.05) is 25.1 Å². The van der Waals surface area contributed by atoms with Crippen LogP contribution in [0.4, 0.5) is 5.69 Å². The molecule has 2 rings (SSSR count). The Bertz CT molecular complexity index is 658. The van der Waals surface area contributed by atoms with E-state index in [0.29, 0.717) is 22.0 Å². The van der Waals surface area contributed by atoms with Crippen LogP contribution in [0.15, 0.2) is 40.9 Å². The number of aryl methyl sites for hydroxylation is 1. The molecule has 0 aliphatic rings. The number of methoxy groups -OCH3 is 1. The largest absolute Gasteiger partial charge is 0.497 e. The highest BCUT2D eigenvalue weighted by atomic mass is 79.9. The molecule has 1 N–H and O–H groups in total. The first-order chi connectivity index (χ1) is 9.51. The normalized spacial score (nSPS) is 10.2. The molecule has 0 heterocycles. The molecule has 3 nitrogen and oxygen atoms in total. The van der Waals surface area contributed by atoms with Crippen LogP contribution in [0.3, 0.4) is 0 Å². The number of carbonyl (C=O) groups is 1. The summed E-state index contributed by atoms with van der Waals surface area (Å²) >= 11 is 9.42. The monoisotopic (exact) mass is 353 g/mol. The van der Waals surface area contributed by atoms with Crippen LogP contribution < -0.4 is 10.1 Å². The Hall–Kier alpha value is -1.52. The van der Waals surface area contributed by atoms with Gasteiger partial charge in [-0.25, -0.2) is 0 Å². The maximum atomic E-state index is 12.2. The second-order valence-electron chi connectivity index (χ2n) is 4.26. The number of rotatable bonds is 3. The Morgan fingerprint density at radius 2 is 2.00 bits per heavy atom. The molecule has 0 saturated carbocycles. The number of amides is 1. The van der Waals surface area contributed by atoms with E-state index in [4.69, 9.17) is 16.3 Å². The first kappa shape index (κ1) is 14.9. The summed E-state index contributed by atoms with van der Waals surface area (Å²) in [4.78, 5) is 12.2. The van der Waals surface area contributed by atoms with Gasteiger partial charge in [0.1, 0.15) is 5.75 Å². The number of benzene rings is 2. The van der Waals surface area contributed by atoms with Crippen LogP contribution in [0.1, 0.15) is 15.9 Å². The smallest absolute Gasteiger partial charge is 0.255 e. The lowest BCUT2D eigenvalue weighted by atomic mass is 10.1. The number of nitrogens with one attached hydrogen (secondary N) is 1. The van der Waals surface area contributed by atoms with Gasteiger partial charge in [0.05, 0.1) is 12.8 Å². The van der Waals surface area contributed by atoms with E-state index >= 15 is 0 Å². The van der Waals surface area contributed by atoms with Gasteiger partial charge in [-0.15, -0.1) is 0 Å². The predicted molar refractivity (Wildman–Crippen MR) is 84.8 cm³/mol. The van der Waals surface area contributed by atoms with Crippen molar-refractivity contribution in [2.24, 2.45) is 0 Å². The fourth-order valence-electron chi connectivity index (χ4n) is 1.66. The third kappa shape index (κ3) is 3.32. The minimum absolute atomic E-state index is 0.221. The summed E-state index contributed by atoms with van der Waals surface area (Å²) in [6.07, 6.45) is 0. The molecule has 104 valence electrons. The van der Waals surface area contributed by atoms with Crippen molar-refractivity contribution in [2.45, 2.75) is 6.92 Å². The van der Waals surface area contributed by atoms with E-state index in [9.17, 15) is 4.79 Å². The van der Waals surface area contributed by atoms with Gasteiger partial charge in [0.25, 0.3) is 5.91 Å². The van der Waals surface area contributed by atoms with Crippen LogP contribution in [0.2, 0.25) is 5.02 Å². The molecule has 2 aromatic rings. The molecule has 0 atom stereocenters. The van der Waals surface area contributed by atoms with Crippen molar-refractivity contribution >= 4 is 39.1 Å². The number of anilines is 1. The molecular formula is C15H13BrClNO2. The summed E-state index contributed by atoms with van der Waals surface area (Å²) < 4.78 is 5.92. The standard InChI is InChI=1S/C15H13BrClNO2/c1-9-3-4-10(7-13(9)17)15(19)18-14-8-11(20-2)5-6-12(14)16/h3-8H,1-2H3,(H,18,19). The van der Waals surface area contributed by atoms with Gasteiger partial charge in [-0.2, -0.15) is 0 Å². The molecule has 0 aromatic heterocycles. The summed E-state index contributed by atoms with van der Waals surface area (Å²) in [7, 11) is 1.58. The molecule has 0 aliphatic heterocycles. The zero-order valence-corrected chi connectivity index (χ0v) is 13.4. The van der Waals surface area contributed by atoms with Crippen LogP contribution in [0.5, 0.6) is 5.75 Å². The van der Waals surface area contributed by atoms with Crippen LogP contribution in [0.25, 0.3) is 0 Å². The Kier molecular flexibility index (Phi) is 4.68. The van der Waals surface area contributed by atoms with Crippen molar-refractivity contribution in [2.75, 3.05) is 12.4 Å². The summed E-state index contributed by atoms with van der Waals surface area (Å²) in [5, 5.41) is 3.40. The molecule has 1 amide bonds. The maximum absolute atomic E-state index is 12.2. The molecule has 0 aliphatic carbocycles. The van der Waals surface area contributed by atoms with Crippen molar-refractivity contribution in [3.63, 3.8) is 0 Å². The van der Waals surface area contributed by atoms with Gasteiger partial charge in [-0.05, 0) is 52.7 Å². The highest BCUT2D eigenvalue weighted by molar-refractivity contribution is 9.10. The Morgan fingerprint density at radius 3 is 2.65 bits per heavy atom. The molecule has 0 spiro atoms. The number of ether oxygens (including phenoxy) is 1. The predicted octanol–water partition coefficient (Wildman–Crippen LogP) is 4.67. The zero-order chi connectivity index (χ0) is 14.7. The number of carbonyl (C=O) groups excluding carboxylic acids is 1. The fraction of sp³-hybridized carbons (Fsp3) is 0.133. The first-order valence-electron chi connectivity index (χ1n) is 5.92. The lowest BCUT2D eigenvalue weighted by molar-refractivity contribution is 0.102. The SMILES string of the molecule is COc1ccc(Br)c(NC(=O)c2ccc(C)c(Cl)c2)c1. The van der Waals surface area contributed by atoms with E-state index in [1.165, 1.54) is 0 Å². The van der Waals surface area contributed by atoms with E-state index in [0.717, 1.165) is 10.0 Å². The second kappa shape index (κ2) is 6.29. The lowest BCUT2D eigenvalue weighted by Gasteiger charge is -2.10. The van der Waals surface area contributed by atoms with Crippen LogP contribution in [-0.2, 0) is 0 Å². The highest BCUT2D eigenvalue weighted by Gasteiger charge is 2.10. The summed E-state index contributed by atoms with van der Waals surface area (Å²) in [5.74, 6) is 0.450. The van der Waals surface area contributed by atoms with Crippen molar-refractivity contribution in [1.82, 2.24) is 0 Å². The Labute approximate surface area is 131 Å². The molecule has 20 heavy (non-hydrogen) atoms. The minimum atomic E-state index is -0.221. The summed E-state index contributed by atoms with van der Waals surface area (Å²) in [6, 6.07) is 10.6. The van der Waals surface area contributed by atoms with Gasteiger partial charge >= 0.3 is 0 Å². The minimum Gasteiger partial charge on any atom is -0.497 e. The third-order valence-corrected chi connectivity index (χ3v) is 3.95. The molecule has 2 aromatic carbocycles. The van der Waals surface area contributed by atoms with E-state index in [-0.39, 0.29) is 5.91 Å². The number of hydrogen-bond donors (Lipinski definition) is 1. The fourth-order valence-corrected chi connectivity index (χ4v) is 2.18. The molecular weight excluding hydrogens is 342 g/mol. The van der Waals surface area contributed by atoms with Crippen molar-refractivity contribution in [3.8, 4) is 5.75 Å². The number of halogens is 2. The van der Waals surface area contributed by atoms with Crippen molar-refractivity contribution < 1.29 is 9.53 Å². The van der Waals surface area contributed by atoms with Gasteiger partial charge in [0.15, 0.2) is 0 Å². The van der Waals surface area contributed by atoms with Crippen LogP contribution >= 0.6 is 27.5 Å². The summed E-state index contributed by atoms with van der Waals surface area (Å²) in [5.41, 5.74) is 2.09. The van der Waals surface area contributed by atoms with Crippen molar-refractivity contribution in [1.29, 1.82) is 0 Å². The van der Waals surface area contributed by atoms with Gasteiger partial charge in [-0.3, -0.25) is 4.79 Å². The number of hydrogen-bond acceptors (Lipinski definition) is 2. The first-order valence-corrected chi connectivity index (χ1v) is 7.09. The molecule has 0 radical (unpaired) electrons. The second-order valence-corrected chi connectivity index (χ2v) is 5.53. The topological polar surface area (TPSA) is 38.3 Å². The highest BCUT2D eigenvalue weighted by Crippen LogP contribution is 2.28. The van der Waals surface area contributed by atoms with Crippen molar-refractivity contribution in [3.05, 3.63) is 57.0 Å². The molecule has 0 saturated heterocycles. The summed E-state index contributed by atoms with van der Waals surface area (Å²) in [6.45, 7) is 1.89. The quantitative estimate of drug-likeness (QED) is 0.869. The lowest BCUT2D eigenvalue weighted by Crippen LogP contribution is -2.12. The molecule has 0 fully saturated rings. The zero-order valence-electron chi connectivity index (χ0n) is 11.0. The van der Waals surface area contributed by atoms with Crippen LogP contribution in [-0.4, -0.2) is 13.0 Å². The molecule has 5 heteroatoms. The van der Waals surface area contributed by atoms with E-state index in [2.05, 4.69) is 21.2 Å². The Balaban J connectivity index is 2.25.